The van der Waals surface area contributed by atoms with Crippen molar-refractivity contribution in [3.63, 3.8) is 0 Å². The number of rotatable bonds is 4. The minimum atomic E-state index is -0.745. The predicted octanol–water partition coefficient (Wildman–Crippen LogP) is 3.19. The number of halogens is 1. The van der Waals surface area contributed by atoms with Crippen molar-refractivity contribution in [3.05, 3.63) is 68.9 Å². The third-order valence-corrected chi connectivity index (χ3v) is 5.36. The van der Waals surface area contributed by atoms with Crippen molar-refractivity contribution >= 4 is 38.5 Å². The fourth-order valence-corrected chi connectivity index (χ4v) is 3.57. The molecule has 27 heavy (non-hydrogen) atoms. The minimum Gasteiger partial charge on any atom is -0.463 e. The average Bonchev–Trinajstić information content (AvgIpc) is 3.24. The first kappa shape index (κ1) is 17.5. The Morgan fingerprint density at radius 3 is 2.85 bits per heavy atom. The Morgan fingerprint density at radius 2 is 2.07 bits per heavy atom. The molecule has 0 saturated heterocycles. The van der Waals surface area contributed by atoms with Crippen LogP contribution in [0.25, 0.3) is 16.6 Å². The lowest BCUT2D eigenvalue weighted by Gasteiger charge is -2.16. The molecule has 0 radical (unpaired) electrons. The molecule has 4 rings (SSSR count). The summed E-state index contributed by atoms with van der Waals surface area (Å²) in [5.41, 5.74) is 2.45. The van der Waals surface area contributed by atoms with Crippen molar-refractivity contribution in [2.24, 2.45) is 0 Å². The van der Waals surface area contributed by atoms with Crippen LogP contribution in [-0.4, -0.2) is 20.1 Å². The Morgan fingerprint density at radius 1 is 1.30 bits per heavy atom. The molecule has 0 aliphatic heterocycles. The van der Waals surface area contributed by atoms with Gasteiger partial charge in [0.1, 0.15) is 17.4 Å². The van der Waals surface area contributed by atoms with Gasteiger partial charge in [-0.25, -0.2) is 4.68 Å². The van der Waals surface area contributed by atoms with E-state index in [0.29, 0.717) is 23.5 Å². The van der Waals surface area contributed by atoms with E-state index in [4.69, 9.17) is 4.42 Å². The molecule has 0 aliphatic carbocycles. The molecule has 138 valence electrons. The van der Waals surface area contributed by atoms with Gasteiger partial charge in [0.05, 0.1) is 11.8 Å². The lowest BCUT2D eigenvalue weighted by Crippen LogP contribution is -2.38. The Hall–Kier alpha value is -2.87. The van der Waals surface area contributed by atoms with Gasteiger partial charge in [0.2, 0.25) is 5.91 Å². The van der Waals surface area contributed by atoms with E-state index in [2.05, 4.69) is 26.3 Å². The molecule has 0 bridgehead atoms. The van der Waals surface area contributed by atoms with Gasteiger partial charge in [-0.3, -0.25) is 14.0 Å². The molecular formula is C19H17BrN4O3. The van der Waals surface area contributed by atoms with Crippen LogP contribution >= 0.6 is 15.9 Å². The Balaban J connectivity index is 1.65. The number of aromatic nitrogens is 3. The average molecular weight is 429 g/mol. The fourth-order valence-electron chi connectivity index (χ4n) is 3.14. The van der Waals surface area contributed by atoms with E-state index in [1.807, 2.05) is 24.3 Å². The molecule has 1 amide bonds. The summed E-state index contributed by atoms with van der Waals surface area (Å²) in [6.07, 6.45) is 1.57. The largest absolute Gasteiger partial charge is 0.463 e. The highest BCUT2D eigenvalue weighted by atomic mass is 79.9. The Kier molecular flexibility index (Phi) is 4.35. The number of nitrogens with one attached hydrogen (secondary N) is 1. The van der Waals surface area contributed by atoms with Crippen LogP contribution in [0.3, 0.4) is 0 Å². The second kappa shape index (κ2) is 6.70. The van der Waals surface area contributed by atoms with Crippen molar-refractivity contribution in [2.75, 3.05) is 0 Å². The summed E-state index contributed by atoms with van der Waals surface area (Å²) in [6, 6.07) is 10.4. The van der Waals surface area contributed by atoms with E-state index in [-0.39, 0.29) is 11.5 Å². The normalized spacial score (nSPS) is 12.6. The number of carbonyl (C=O) groups excluding carboxylic acids is 1. The zero-order valence-corrected chi connectivity index (χ0v) is 16.4. The predicted molar refractivity (Wildman–Crippen MR) is 105 cm³/mol. The van der Waals surface area contributed by atoms with Crippen LogP contribution in [0.2, 0.25) is 0 Å². The van der Waals surface area contributed by atoms with Gasteiger partial charge in [-0.1, -0.05) is 34.1 Å². The number of fused-ring (bicyclic) bond motifs is 3. The van der Waals surface area contributed by atoms with Crippen molar-refractivity contribution < 1.29 is 9.21 Å². The molecule has 1 N–H and O–H groups in total. The summed E-state index contributed by atoms with van der Waals surface area (Å²) >= 11 is 3.46. The lowest BCUT2D eigenvalue weighted by molar-refractivity contribution is -0.124. The highest BCUT2D eigenvalue weighted by Gasteiger charge is 2.21. The first-order valence-electron chi connectivity index (χ1n) is 8.46. The molecule has 0 fully saturated rings. The zero-order chi connectivity index (χ0) is 19.1. The van der Waals surface area contributed by atoms with E-state index in [9.17, 15) is 9.59 Å². The first-order valence-corrected chi connectivity index (χ1v) is 9.26. The Bertz CT molecular complexity index is 1220. The number of aryl methyl sites for hydroxylation is 1. The van der Waals surface area contributed by atoms with E-state index in [1.54, 1.807) is 36.6 Å². The molecule has 3 aromatic heterocycles. The maximum atomic E-state index is 12.9. The second-order valence-electron chi connectivity index (χ2n) is 6.32. The summed E-state index contributed by atoms with van der Waals surface area (Å²) in [5, 5.41) is 7.21. The van der Waals surface area contributed by atoms with Crippen LogP contribution in [-0.2, 0) is 11.3 Å². The molecule has 8 heteroatoms. The van der Waals surface area contributed by atoms with E-state index < -0.39 is 6.04 Å². The monoisotopic (exact) mass is 428 g/mol. The fraction of sp³-hybridized carbons (Fsp3) is 0.211. The summed E-state index contributed by atoms with van der Waals surface area (Å²) in [6.45, 7) is 3.81. The van der Waals surface area contributed by atoms with E-state index in [1.165, 1.54) is 4.68 Å². The van der Waals surface area contributed by atoms with Crippen molar-refractivity contribution in [1.29, 1.82) is 0 Å². The van der Waals surface area contributed by atoms with Gasteiger partial charge in [-0.2, -0.15) is 5.10 Å². The third-order valence-electron chi connectivity index (χ3n) is 4.58. The number of benzene rings is 1. The summed E-state index contributed by atoms with van der Waals surface area (Å²) in [5.74, 6) is 0.325. The quantitative estimate of drug-likeness (QED) is 0.540. The van der Waals surface area contributed by atoms with Crippen molar-refractivity contribution in [3.8, 4) is 0 Å². The van der Waals surface area contributed by atoms with Gasteiger partial charge < -0.3 is 9.73 Å². The number of amides is 1. The highest BCUT2D eigenvalue weighted by Crippen LogP contribution is 2.20. The maximum absolute atomic E-state index is 12.9. The lowest BCUT2D eigenvalue weighted by atomic mass is 10.2. The molecular weight excluding hydrogens is 412 g/mol. The SMILES string of the molecule is Cc1nn(C(C)C(=O)NCc2ccccc2Br)c(=O)c2cc3occc3n12. The Labute approximate surface area is 162 Å². The molecule has 3 heterocycles. The van der Waals surface area contributed by atoms with Gasteiger partial charge in [0.15, 0.2) is 5.58 Å². The standard InChI is InChI=1S/C19H17BrN4O3/c1-11(18(25)21-10-13-5-3-4-6-14(13)20)24-19(26)16-9-17-15(7-8-27-17)23(16)12(2)22-24/h3-9,11H,10H2,1-2H3,(H,21,25). The molecule has 1 aromatic carbocycles. The van der Waals surface area contributed by atoms with Crippen molar-refractivity contribution in [1.82, 2.24) is 19.5 Å². The molecule has 0 aliphatic rings. The van der Waals surface area contributed by atoms with Crippen LogP contribution in [0.15, 0.2) is 56.3 Å². The second-order valence-corrected chi connectivity index (χ2v) is 7.17. The maximum Gasteiger partial charge on any atom is 0.291 e. The molecule has 7 nitrogen and oxygen atoms in total. The molecule has 4 aromatic rings. The van der Waals surface area contributed by atoms with E-state index in [0.717, 1.165) is 15.6 Å². The van der Waals surface area contributed by atoms with Crippen LogP contribution in [0.4, 0.5) is 0 Å². The topological polar surface area (TPSA) is 81.5 Å². The number of hydrogen-bond donors (Lipinski definition) is 1. The third kappa shape index (κ3) is 2.95. The van der Waals surface area contributed by atoms with Crippen LogP contribution in [0.1, 0.15) is 24.4 Å². The van der Waals surface area contributed by atoms with Crippen LogP contribution in [0.5, 0.6) is 0 Å². The van der Waals surface area contributed by atoms with Gasteiger partial charge in [-0.05, 0) is 25.5 Å². The number of hydrogen-bond acceptors (Lipinski definition) is 4. The number of furan rings is 1. The van der Waals surface area contributed by atoms with Gasteiger partial charge in [0.25, 0.3) is 5.56 Å². The van der Waals surface area contributed by atoms with E-state index >= 15 is 0 Å². The van der Waals surface area contributed by atoms with Gasteiger partial charge >= 0.3 is 0 Å². The van der Waals surface area contributed by atoms with Gasteiger partial charge in [0, 0.05) is 23.2 Å². The van der Waals surface area contributed by atoms with Gasteiger partial charge in [-0.15, -0.1) is 0 Å². The van der Waals surface area contributed by atoms with Crippen LogP contribution < -0.4 is 10.9 Å². The smallest absolute Gasteiger partial charge is 0.291 e. The van der Waals surface area contributed by atoms with Crippen molar-refractivity contribution in [2.45, 2.75) is 26.4 Å². The molecule has 1 atom stereocenters. The summed E-state index contributed by atoms with van der Waals surface area (Å²) < 4.78 is 9.26. The molecule has 0 spiro atoms. The molecule has 0 saturated carbocycles. The first-order chi connectivity index (χ1) is 13.0. The molecule has 1 unspecified atom stereocenters. The minimum absolute atomic E-state index is 0.278. The number of nitrogens with zero attached hydrogens (tertiary/aromatic N) is 3. The zero-order valence-electron chi connectivity index (χ0n) is 14.8. The number of carbonyl (C=O) groups is 1. The summed E-state index contributed by atoms with van der Waals surface area (Å²) in [4.78, 5) is 25.5. The van der Waals surface area contributed by atoms with Crippen LogP contribution in [0, 0.1) is 6.92 Å². The summed E-state index contributed by atoms with van der Waals surface area (Å²) in [7, 11) is 0. The highest BCUT2D eigenvalue weighted by molar-refractivity contribution is 9.10.